The SMILES string of the molecule is COc1ccc(-c2nn(-c3ccccc3)cc2C=Nc2ccc(C(=O)O)cc2)cc1. The molecule has 3 aromatic carbocycles. The van der Waals surface area contributed by atoms with Crippen LogP contribution in [-0.4, -0.2) is 34.2 Å². The number of nitrogens with zero attached hydrogens (tertiary/aromatic N) is 3. The average molecular weight is 397 g/mol. The minimum atomic E-state index is -0.962. The highest BCUT2D eigenvalue weighted by molar-refractivity contribution is 5.91. The number of methoxy groups -OCH3 is 1. The number of hydrogen-bond acceptors (Lipinski definition) is 4. The Balaban J connectivity index is 1.72. The molecule has 6 nitrogen and oxygen atoms in total. The number of benzene rings is 3. The summed E-state index contributed by atoms with van der Waals surface area (Å²) in [5.41, 5.74) is 4.39. The van der Waals surface area contributed by atoms with E-state index < -0.39 is 5.97 Å². The van der Waals surface area contributed by atoms with E-state index in [9.17, 15) is 4.79 Å². The fourth-order valence-electron chi connectivity index (χ4n) is 3.00. The molecule has 6 heteroatoms. The summed E-state index contributed by atoms with van der Waals surface area (Å²) < 4.78 is 7.06. The molecule has 0 spiro atoms. The number of para-hydroxylation sites is 1. The number of aromatic carboxylic acids is 1. The second kappa shape index (κ2) is 8.45. The van der Waals surface area contributed by atoms with Gasteiger partial charge in [0.05, 0.1) is 24.0 Å². The third-order valence-corrected chi connectivity index (χ3v) is 4.59. The molecule has 148 valence electrons. The number of carboxylic acids is 1. The van der Waals surface area contributed by atoms with Crippen LogP contribution in [0.2, 0.25) is 0 Å². The Morgan fingerprint density at radius 2 is 1.70 bits per heavy atom. The highest BCUT2D eigenvalue weighted by Gasteiger charge is 2.11. The van der Waals surface area contributed by atoms with E-state index in [4.69, 9.17) is 14.9 Å². The van der Waals surface area contributed by atoms with Gasteiger partial charge in [-0.2, -0.15) is 5.10 Å². The summed E-state index contributed by atoms with van der Waals surface area (Å²) in [5, 5.41) is 13.8. The summed E-state index contributed by atoms with van der Waals surface area (Å²) >= 11 is 0. The van der Waals surface area contributed by atoms with Crippen LogP contribution in [0.25, 0.3) is 16.9 Å². The summed E-state index contributed by atoms with van der Waals surface area (Å²) in [6.07, 6.45) is 3.66. The van der Waals surface area contributed by atoms with Gasteiger partial charge >= 0.3 is 5.97 Å². The van der Waals surface area contributed by atoms with Gasteiger partial charge < -0.3 is 9.84 Å². The number of carboxylic acid groups (broad SMARTS) is 1. The first kappa shape index (κ1) is 19.1. The van der Waals surface area contributed by atoms with Gasteiger partial charge in [0.15, 0.2) is 0 Å². The largest absolute Gasteiger partial charge is 0.497 e. The lowest BCUT2D eigenvalue weighted by atomic mass is 10.1. The molecule has 0 bridgehead atoms. The Labute approximate surface area is 173 Å². The minimum Gasteiger partial charge on any atom is -0.497 e. The van der Waals surface area contributed by atoms with E-state index in [2.05, 4.69) is 4.99 Å². The molecule has 0 amide bonds. The molecule has 0 unspecified atom stereocenters. The highest BCUT2D eigenvalue weighted by atomic mass is 16.5. The summed E-state index contributed by atoms with van der Waals surface area (Å²) in [5.74, 6) is -0.188. The van der Waals surface area contributed by atoms with E-state index in [1.807, 2.05) is 65.5 Å². The van der Waals surface area contributed by atoms with Crippen LogP contribution in [0, 0.1) is 0 Å². The summed E-state index contributed by atoms with van der Waals surface area (Å²) in [6.45, 7) is 0. The van der Waals surface area contributed by atoms with Gasteiger partial charge in [-0.25, -0.2) is 9.48 Å². The van der Waals surface area contributed by atoms with E-state index in [1.165, 1.54) is 12.1 Å². The Bertz CT molecular complexity index is 1180. The lowest BCUT2D eigenvalue weighted by molar-refractivity contribution is 0.0697. The van der Waals surface area contributed by atoms with E-state index in [-0.39, 0.29) is 5.56 Å². The topological polar surface area (TPSA) is 76.7 Å². The van der Waals surface area contributed by atoms with Crippen molar-refractivity contribution < 1.29 is 14.6 Å². The molecule has 0 radical (unpaired) electrons. The smallest absolute Gasteiger partial charge is 0.335 e. The van der Waals surface area contributed by atoms with E-state index in [1.54, 1.807) is 25.5 Å². The first-order valence-corrected chi connectivity index (χ1v) is 9.31. The molecule has 0 aliphatic rings. The Morgan fingerprint density at radius 3 is 2.33 bits per heavy atom. The lowest BCUT2D eigenvalue weighted by Gasteiger charge is -2.02. The van der Waals surface area contributed by atoms with Crippen LogP contribution >= 0.6 is 0 Å². The van der Waals surface area contributed by atoms with Crippen LogP contribution in [0.15, 0.2) is 90.1 Å². The quantitative estimate of drug-likeness (QED) is 0.465. The fraction of sp³-hybridized carbons (Fsp3) is 0.0417. The zero-order valence-electron chi connectivity index (χ0n) is 16.3. The van der Waals surface area contributed by atoms with Crippen molar-refractivity contribution in [2.24, 2.45) is 4.99 Å². The van der Waals surface area contributed by atoms with Crippen LogP contribution in [0.4, 0.5) is 5.69 Å². The summed E-state index contributed by atoms with van der Waals surface area (Å²) in [6, 6.07) is 24.0. The van der Waals surface area contributed by atoms with Crippen LogP contribution in [-0.2, 0) is 0 Å². The molecule has 1 heterocycles. The zero-order valence-corrected chi connectivity index (χ0v) is 16.3. The van der Waals surface area contributed by atoms with E-state index in [0.717, 1.165) is 28.3 Å². The number of aromatic nitrogens is 2. The van der Waals surface area contributed by atoms with Crippen LogP contribution in [0.1, 0.15) is 15.9 Å². The third kappa shape index (κ3) is 4.12. The van der Waals surface area contributed by atoms with Gasteiger partial charge in [0.1, 0.15) is 11.4 Å². The van der Waals surface area contributed by atoms with Gasteiger partial charge in [0.25, 0.3) is 0 Å². The second-order valence-electron chi connectivity index (χ2n) is 6.55. The van der Waals surface area contributed by atoms with Crippen molar-refractivity contribution in [1.82, 2.24) is 9.78 Å². The molecule has 0 saturated heterocycles. The molecule has 4 aromatic rings. The van der Waals surface area contributed by atoms with E-state index >= 15 is 0 Å². The Kier molecular flexibility index (Phi) is 5.39. The molecule has 4 rings (SSSR count). The Hall–Kier alpha value is -4.19. The second-order valence-corrected chi connectivity index (χ2v) is 6.55. The van der Waals surface area contributed by atoms with Crippen molar-refractivity contribution in [3.63, 3.8) is 0 Å². The van der Waals surface area contributed by atoms with Gasteiger partial charge in [-0.05, 0) is 60.7 Å². The van der Waals surface area contributed by atoms with Gasteiger partial charge in [-0.1, -0.05) is 18.2 Å². The molecular weight excluding hydrogens is 378 g/mol. The highest BCUT2D eigenvalue weighted by Crippen LogP contribution is 2.25. The minimum absolute atomic E-state index is 0.227. The number of carbonyl (C=O) groups is 1. The molecule has 1 N–H and O–H groups in total. The zero-order chi connectivity index (χ0) is 20.9. The van der Waals surface area contributed by atoms with Gasteiger partial charge in [-0.15, -0.1) is 0 Å². The molecule has 0 aliphatic carbocycles. The maximum atomic E-state index is 11.0. The van der Waals surface area contributed by atoms with Crippen molar-refractivity contribution in [3.8, 4) is 22.7 Å². The molecule has 30 heavy (non-hydrogen) atoms. The molecule has 1 aromatic heterocycles. The van der Waals surface area contributed by atoms with Gasteiger partial charge in [0.2, 0.25) is 0 Å². The van der Waals surface area contributed by atoms with Crippen molar-refractivity contribution in [2.75, 3.05) is 7.11 Å². The monoisotopic (exact) mass is 397 g/mol. The first-order valence-electron chi connectivity index (χ1n) is 9.31. The number of hydrogen-bond donors (Lipinski definition) is 1. The maximum Gasteiger partial charge on any atom is 0.335 e. The molecule has 0 atom stereocenters. The molecule has 0 aliphatic heterocycles. The van der Waals surface area contributed by atoms with E-state index in [0.29, 0.717) is 5.69 Å². The predicted octanol–water partition coefficient (Wildman–Crippen LogP) is 5.00. The number of aliphatic imine (C=N–C) groups is 1. The van der Waals surface area contributed by atoms with Crippen molar-refractivity contribution in [3.05, 3.63) is 96.2 Å². The maximum absolute atomic E-state index is 11.0. The van der Waals surface area contributed by atoms with Gasteiger partial charge in [-0.3, -0.25) is 4.99 Å². The molecule has 0 fully saturated rings. The number of rotatable bonds is 6. The molecule has 0 saturated carbocycles. The van der Waals surface area contributed by atoms with Gasteiger partial charge in [0, 0.05) is 23.5 Å². The third-order valence-electron chi connectivity index (χ3n) is 4.59. The van der Waals surface area contributed by atoms with Crippen molar-refractivity contribution >= 4 is 17.9 Å². The average Bonchev–Trinajstić information content (AvgIpc) is 3.23. The standard InChI is InChI=1S/C24H19N3O3/c1-30-22-13-9-17(10-14-22)23-19(16-27(26-23)21-5-3-2-4-6-21)15-25-20-11-7-18(8-12-20)24(28)29/h2-16H,1H3,(H,28,29). The summed E-state index contributed by atoms with van der Waals surface area (Å²) in [4.78, 5) is 15.5. The first-order chi connectivity index (χ1) is 14.6. The van der Waals surface area contributed by atoms with Crippen molar-refractivity contribution in [2.45, 2.75) is 0 Å². The summed E-state index contributed by atoms with van der Waals surface area (Å²) in [7, 11) is 1.63. The van der Waals surface area contributed by atoms with Crippen LogP contribution < -0.4 is 4.74 Å². The van der Waals surface area contributed by atoms with Crippen molar-refractivity contribution in [1.29, 1.82) is 0 Å². The molecular formula is C24H19N3O3. The lowest BCUT2D eigenvalue weighted by Crippen LogP contribution is -1.94. The predicted molar refractivity (Wildman–Crippen MR) is 116 cm³/mol. The van der Waals surface area contributed by atoms with Crippen LogP contribution in [0.3, 0.4) is 0 Å². The van der Waals surface area contributed by atoms with Crippen LogP contribution in [0.5, 0.6) is 5.75 Å². The normalized spacial score (nSPS) is 11.0. The Morgan fingerprint density at radius 1 is 1.00 bits per heavy atom. The number of ether oxygens (including phenoxy) is 1. The fourth-order valence-corrected chi connectivity index (χ4v) is 3.00.